The summed E-state index contributed by atoms with van der Waals surface area (Å²) in [6, 6.07) is 8.07. The first kappa shape index (κ1) is 13.7. The fraction of sp³-hybridized carbons (Fsp3) is 0.533. The maximum atomic E-state index is 11.1. The lowest BCUT2D eigenvalue weighted by Gasteiger charge is -2.21. The average Bonchev–Trinajstić information content (AvgIpc) is 2.86. The minimum Gasteiger partial charge on any atom is -0.495 e. The van der Waals surface area contributed by atoms with Crippen molar-refractivity contribution in [2.24, 2.45) is 17.6 Å². The first-order valence-electron chi connectivity index (χ1n) is 6.79. The van der Waals surface area contributed by atoms with Gasteiger partial charge in [-0.05, 0) is 30.9 Å². The average molecular weight is 262 g/mol. The smallest absolute Gasteiger partial charge is 0.220 e. The van der Waals surface area contributed by atoms with Crippen LogP contribution in [0.4, 0.5) is 5.69 Å². The fourth-order valence-corrected chi connectivity index (χ4v) is 2.75. The lowest BCUT2D eigenvalue weighted by molar-refractivity contribution is -0.121. The van der Waals surface area contributed by atoms with E-state index in [0.29, 0.717) is 5.92 Å². The lowest BCUT2D eigenvalue weighted by atomic mass is 9.95. The number of benzene rings is 1. The zero-order valence-electron chi connectivity index (χ0n) is 11.6. The van der Waals surface area contributed by atoms with Crippen LogP contribution < -0.4 is 15.4 Å². The van der Waals surface area contributed by atoms with Crippen LogP contribution in [-0.2, 0) is 4.79 Å². The summed E-state index contributed by atoms with van der Waals surface area (Å²) < 4.78 is 5.40. The number of amides is 1. The van der Waals surface area contributed by atoms with E-state index in [2.05, 4.69) is 11.0 Å². The number of carbonyl (C=O) groups is 1. The molecule has 19 heavy (non-hydrogen) atoms. The van der Waals surface area contributed by atoms with Crippen molar-refractivity contribution < 1.29 is 9.53 Å². The highest BCUT2D eigenvalue weighted by atomic mass is 16.5. The van der Waals surface area contributed by atoms with Gasteiger partial charge in [-0.3, -0.25) is 4.79 Å². The molecule has 4 heteroatoms. The molecule has 1 aromatic carbocycles. The number of rotatable bonds is 5. The Balaban J connectivity index is 2.00. The highest BCUT2D eigenvalue weighted by Crippen LogP contribution is 2.33. The van der Waals surface area contributed by atoms with E-state index in [1.807, 2.05) is 25.1 Å². The zero-order valence-corrected chi connectivity index (χ0v) is 11.6. The molecule has 0 radical (unpaired) electrons. The van der Waals surface area contributed by atoms with Gasteiger partial charge >= 0.3 is 0 Å². The Hall–Kier alpha value is -1.71. The summed E-state index contributed by atoms with van der Waals surface area (Å²) in [5.41, 5.74) is 6.47. The number of hydrogen-bond donors (Lipinski definition) is 1. The Morgan fingerprint density at radius 3 is 2.95 bits per heavy atom. The molecule has 0 saturated carbocycles. The summed E-state index contributed by atoms with van der Waals surface area (Å²) in [4.78, 5) is 13.5. The Kier molecular flexibility index (Phi) is 4.30. The number of carbonyl (C=O) groups excluding carboxylic acids is 1. The van der Waals surface area contributed by atoms with Crippen molar-refractivity contribution in [3.63, 3.8) is 0 Å². The Labute approximate surface area is 114 Å². The van der Waals surface area contributed by atoms with Crippen LogP contribution in [0.3, 0.4) is 0 Å². The van der Waals surface area contributed by atoms with Crippen LogP contribution in [0.25, 0.3) is 0 Å². The minimum absolute atomic E-state index is 0.0392. The minimum atomic E-state index is -0.198. The number of anilines is 1. The summed E-state index contributed by atoms with van der Waals surface area (Å²) in [5, 5.41) is 0. The molecule has 2 N–H and O–H groups in total. The van der Waals surface area contributed by atoms with Gasteiger partial charge in [0.2, 0.25) is 5.91 Å². The number of primary amides is 1. The molecule has 104 valence electrons. The summed E-state index contributed by atoms with van der Waals surface area (Å²) in [7, 11) is 1.70. The predicted molar refractivity (Wildman–Crippen MR) is 76.3 cm³/mol. The van der Waals surface area contributed by atoms with E-state index in [-0.39, 0.29) is 11.8 Å². The van der Waals surface area contributed by atoms with E-state index in [4.69, 9.17) is 10.5 Å². The zero-order chi connectivity index (χ0) is 13.8. The largest absolute Gasteiger partial charge is 0.495 e. The van der Waals surface area contributed by atoms with Crippen LogP contribution in [-0.4, -0.2) is 26.1 Å². The number of hydrogen-bond acceptors (Lipinski definition) is 3. The van der Waals surface area contributed by atoms with Gasteiger partial charge in [-0.2, -0.15) is 0 Å². The van der Waals surface area contributed by atoms with Crippen LogP contribution in [0.2, 0.25) is 0 Å². The Morgan fingerprint density at radius 2 is 2.26 bits per heavy atom. The molecule has 1 fully saturated rings. The summed E-state index contributed by atoms with van der Waals surface area (Å²) in [6.45, 7) is 3.89. The number of ether oxygens (including phenoxy) is 1. The normalized spacial score (nSPS) is 20.3. The summed E-state index contributed by atoms with van der Waals surface area (Å²) in [5.74, 6) is 1.21. The van der Waals surface area contributed by atoms with Gasteiger partial charge in [0.1, 0.15) is 5.75 Å². The SMILES string of the molecule is COc1ccccc1N1CCC(CC(C)C(N)=O)C1. The lowest BCUT2D eigenvalue weighted by Crippen LogP contribution is -2.25. The van der Waals surface area contributed by atoms with Crippen molar-refractivity contribution in [1.29, 1.82) is 0 Å². The number of nitrogens with two attached hydrogens (primary N) is 1. The van der Waals surface area contributed by atoms with Gasteiger partial charge in [-0.1, -0.05) is 19.1 Å². The van der Waals surface area contributed by atoms with E-state index < -0.39 is 0 Å². The maximum absolute atomic E-state index is 11.1. The highest BCUT2D eigenvalue weighted by molar-refractivity contribution is 5.76. The molecule has 2 atom stereocenters. The number of nitrogens with zero attached hydrogens (tertiary/aromatic N) is 1. The first-order valence-corrected chi connectivity index (χ1v) is 6.79. The van der Waals surface area contributed by atoms with Crippen molar-refractivity contribution in [2.45, 2.75) is 19.8 Å². The third-order valence-corrected chi connectivity index (χ3v) is 3.88. The molecule has 4 nitrogen and oxygen atoms in total. The van der Waals surface area contributed by atoms with E-state index in [9.17, 15) is 4.79 Å². The third-order valence-electron chi connectivity index (χ3n) is 3.88. The molecule has 0 spiro atoms. The molecule has 0 bridgehead atoms. The quantitative estimate of drug-likeness (QED) is 0.883. The van der Waals surface area contributed by atoms with Crippen molar-refractivity contribution in [1.82, 2.24) is 0 Å². The Bertz CT molecular complexity index is 448. The van der Waals surface area contributed by atoms with Crippen molar-refractivity contribution in [3.8, 4) is 5.75 Å². The van der Waals surface area contributed by atoms with Gasteiger partial charge in [-0.15, -0.1) is 0 Å². The van der Waals surface area contributed by atoms with Crippen molar-refractivity contribution in [2.75, 3.05) is 25.1 Å². The van der Waals surface area contributed by atoms with Crippen molar-refractivity contribution in [3.05, 3.63) is 24.3 Å². The molecular formula is C15H22N2O2. The fourth-order valence-electron chi connectivity index (χ4n) is 2.75. The third kappa shape index (κ3) is 3.19. The highest BCUT2D eigenvalue weighted by Gasteiger charge is 2.26. The van der Waals surface area contributed by atoms with Gasteiger partial charge < -0.3 is 15.4 Å². The maximum Gasteiger partial charge on any atom is 0.220 e. The standard InChI is InChI=1S/C15H22N2O2/c1-11(15(16)18)9-12-7-8-17(10-12)13-5-3-4-6-14(13)19-2/h3-6,11-12H,7-10H2,1-2H3,(H2,16,18). The number of para-hydroxylation sites is 2. The van der Waals surface area contributed by atoms with Crippen LogP contribution in [0.1, 0.15) is 19.8 Å². The summed E-state index contributed by atoms with van der Waals surface area (Å²) >= 11 is 0. The number of methoxy groups -OCH3 is 1. The second-order valence-electron chi connectivity index (χ2n) is 5.31. The predicted octanol–water partition coefficient (Wildman–Crippen LogP) is 2.03. The molecule has 2 unspecified atom stereocenters. The topological polar surface area (TPSA) is 55.6 Å². The van der Waals surface area contributed by atoms with E-state index in [1.54, 1.807) is 7.11 Å². The molecule has 1 aliphatic rings. The molecule has 2 rings (SSSR count). The van der Waals surface area contributed by atoms with E-state index >= 15 is 0 Å². The van der Waals surface area contributed by atoms with Gasteiger partial charge in [0.05, 0.1) is 12.8 Å². The molecule has 1 aromatic rings. The van der Waals surface area contributed by atoms with Gasteiger partial charge in [-0.25, -0.2) is 0 Å². The van der Waals surface area contributed by atoms with Crippen LogP contribution in [0.15, 0.2) is 24.3 Å². The second kappa shape index (κ2) is 5.95. The first-order chi connectivity index (χ1) is 9.11. The molecule has 0 aromatic heterocycles. The van der Waals surface area contributed by atoms with Crippen LogP contribution in [0.5, 0.6) is 5.75 Å². The van der Waals surface area contributed by atoms with E-state index in [1.165, 1.54) is 0 Å². The van der Waals surface area contributed by atoms with Gasteiger partial charge in [0.15, 0.2) is 0 Å². The Morgan fingerprint density at radius 1 is 1.53 bits per heavy atom. The summed E-state index contributed by atoms with van der Waals surface area (Å²) in [6.07, 6.45) is 1.98. The second-order valence-corrected chi connectivity index (χ2v) is 5.31. The molecule has 1 saturated heterocycles. The van der Waals surface area contributed by atoms with E-state index in [0.717, 1.165) is 37.4 Å². The molecule has 1 heterocycles. The monoisotopic (exact) mass is 262 g/mol. The van der Waals surface area contributed by atoms with Gasteiger partial charge in [0.25, 0.3) is 0 Å². The van der Waals surface area contributed by atoms with Crippen LogP contribution in [0, 0.1) is 11.8 Å². The molecule has 1 amide bonds. The molecular weight excluding hydrogens is 240 g/mol. The van der Waals surface area contributed by atoms with Crippen LogP contribution >= 0.6 is 0 Å². The molecule has 1 aliphatic heterocycles. The molecule has 0 aliphatic carbocycles. The van der Waals surface area contributed by atoms with Crippen molar-refractivity contribution >= 4 is 11.6 Å². The van der Waals surface area contributed by atoms with Gasteiger partial charge in [0, 0.05) is 19.0 Å².